The van der Waals surface area contributed by atoms with Gasteiger partial charge in [0.25, 0.3) is 0 Å². The summed E-state index contributed by atoms with van der Waals surface area (Å²) in [5.74, 6) is 0.0836. The van der Waals surface area contributed by atoms with Crippen LogP contribution < -0.4 is 4.90 Å². The first kappa shape index (κ1) is 14.8. The summed E-state index contributed by atoms with van der Waals surface area (Å²) in [6.45, 7) is 12.6. The Bertz CT molecular complexity index is 543. The molecule has 2 nitrogen and oxygen atoms in total. The number of anilines is 1. The van der Waals surface area contributed by atoms with Gasteiger partial charge in [0.15, 0.2) is 0 Å². The second-order valence-corrected chi connectivity index (χ2v) is 7.61. The van der Waals surface area contributed by atoms with Crippen LogP contribution in [0.4, 0.5) is 5.69 Å². The molecule has 0 spiro atoms. The second-order valence-electron chi connectivity index (χ2n) is 7.61. The molecule has 1 unspecified atom stereocenters. The Balaban J connectivity index is 2.62. The number of hydrogen-bond donors (Lipinski definition) is 0. The molecule has 1 aliphatic heterocycles. The van der Waals surface area contributed by atoms with E-state index in [0.29, 0.717) is 0 Å². The predicted molar refractivity (Wildman–Crippen MR) is 85.7 cm³/mol. The first-order valence-corrected chi connectivity index (χ1v) is 7.23. The quantitative estimate of drug-likeness (QED) is 0.680. The third-order valence-corrected chi connectivity index (χ3v) is 3.74. The minimum atomic E-state index is -0.233. The van der Waals surface area contributed by atoms with Gasteiger partial charge in [0.2, 0.25) is 5.91 Å². The molecule has 1 aliphatic rings. The van der Waals surface area contributed by atoms with Gasteiger partial charge >= 0.3 is 0 Å². The fraction of sp³-hybridized carbons (Fsp3) is 0.500. The predicted octanol–water partition coefficient (Wildman–Crippen LogP) is 4.51. The number of benzene rings is 1. The number of nitrogens with zero attached hydrogens (tertiary/aromatic N) is 1. The van der Waals surface area contributed by atoms with Crippen LogP contribution in [0.3, 0.4) is 0 Å². The Hall–Kier alpha value is -1.57. The molecule has 1 atom stereocenters. The normalized spacial score (nSPS) is 19.8. The minimum Gasteiger partial charge on any atom is -0.306 e. The van der Waals surface area contributed by atoms with Crippen molar-refractivity contribution in [1.29, 1.82) is 0 Å². The average Bonchev–Trinajstić information content (AvgIpc) is 2.42. The zero-order valence-corrected chi connectivity index (χ0v) is 13.4. The maximum atomic E-state index is 13.1. The molecule has 0 saturated heterocycles. The molecule has 2 rings (SSSR count). The van der Waals surface area contributed by atoms with Crippen molar-refractivity contribution >= 4 is 17.7 Å². The van der Waals surface area contributed by atoms with Gasteiger partial charge < -0.3 is 4.90 Å². The van der Waals surface area contributed by atoms with Crippen molar-refractivity contribution in [3.05, 3.63) is 35.9 Å². The van der Waals surface area contributed by atoms with Gasteiger partial charge in [-0.15, -0.1) is 0 Å². The average molecular weight is 271 g/mol. The van der Waals surface area contributed by atoms with E-state index >= 15 is 0 Å². The number of rotatable bonds is 0. The highest BCUT2D eigenvalue weighted by atomic mass is 16.2. The van der Waals surface area contributed by atoms with Crippen LogP contribution >= 0.6 is 0 Å². The molecule has 0 fully saturated rings. The first-order chi connectivity index (χ1) is 9.12. The van der Waals surface area contributed by atoms with Gasteiger partial charge in [0.1, 0.15) is 0 Å². The van der Waals surface area contributed by atoms with Crippen molar-refractivity contribution in [2.75, 3.05) is 4.90 Å². The van der Waals surface area contributed by atoms with Crippen molar-refractivity contribution in [1.82, 2.24) is 0 Å². The Morgan fingerprint density at radius 3 is 2.15 bits per heavy atom. The summed E-state index contributed by atoms with van der Waals surface area (Å²) in [4.78, 5) is 15.0. The lowest BCUT2D eigenvalue weighted by Crippen LogP contribution is -2.50. The van der Waals surface area contributed by atoms with E-state index in [-0.39, 0.29) is 22.8 Å². The van der Waals surface area contributed by atoms with E-state index in [1.165, 1.54) is 0 Å². The van der Waals surface area contributed by atoms with E-state index in [4.69, 9.17) is 0 Å². The fourth-order valence-corrected chi connectivity index (χ4v) is 2.72. The molecule has 1 amide bonds. The number of hydrogen-bond acceptors (Lipinski definition) is 1. The van der Waals surface area contributed by atoms with Gasteiger partial charge in [-0.3, -0.25) is 4.79 Å². The molecule has 2 heteroatoms. The Morgan fingerprint density at radius 1 is 1.00 bits per heavy atom. The summed E-state index contributed by atoms with van der Waals surface area (Å²) in [6.07, 6.45) is 4.15. The van der Waals surface area contributed by atoms with Crippen LogP contribution in [0.5, 0.6) is 0 Å². The van der Waals surface area contributed by atoms with Gasteiger partial charge in [0, 0.05) is 5.54 Å². The highest BCUT2D eigenvalue weighted by Crippen LogP contribution is 2.38. The molecule has 0 aromatic heterocycles. The standard InChI is InChI=1S/C18H25NO/c1-17(2,3)14-12-11-13-9-7-8-10-15(13)19(16(14)20)18(4,5)6/h7-12,14H,1-6H3. The smallest absolute Gasteiger partial charge is 0.234 e. The molecule has 0 radical (unpaired) electrons. The maximum Gasteiger partial charge on any atom is 0.234 e. The van der Waals surface area contributed by atoms with E-state index in [9.17, 15) is 4.79 Å². The minimum absolute atomic E-state index is 0.0842. The SMILES string of the molecule is CC(C)(C)C1C=Cc2ccccc2N(C(C)(C)C)C1=O. The van der Waals surface area contributed by atoms with Crippen molar-refractivity contribution in [3.63, 3.8) is 0 Å². The van der Waals surface area contributed by atoms with Crippen LogP contribution in [0.25, 0.3) is 6.08 Å². The van der Waals surface area contributed by atoms with E-state index in [2.05, 4.69) is 59.8 Å². The summed E-state index contributed by atoms with van der Waals surface area (Å²) in [6, 6.07) is 8.12. The number of carbonyl (C=O) groups excluding carboxylic acids is 1. The van der Waals surface area contributed by atoms with Crippen molar-refractivity contribution in [3.8, 4) is 0 Å². The van der Waals surface area contributed by atoms with Crippen LogP contribution in [0, 0.1) is 11.3 Å². The zero-order valence-electron chi connectivity index (χ0n) is 13.4. The topological polar surface area (TPSA) is 20.3 Å². The first-order valence-electron chi connectivity index (χ1n) is 7.23. The molecule has 1 aromatic carbocycles. The van der Waals surface area contributed by atoms with Gasteiger partial charge in [-0.1, -0.05) is 51.1 Å². The third kappa shape index (κ3) is 2.65. The van der Waals surface area contributed by atoms with Crippen LogP contribution in [0.1, 0.15) is 47.1 Å². The summed E-state index contributed by atoms with van der Waals surface area (Å²) < 4.78 is 0. The zero-order chi connectivity index (χ0) is 15.1. The summed E-state index contributed by atoms with van der Waals surface area (Å²) in [7, 11) is 0. The summed E-state index contributed by atoms with van der Waals surface area (Å²) >= 11 is 0. The third-order valence-electron chi connectivity index (χ3n) is 3.74. The van der Waals surface area contributed by atoms with Crippen molar-refractivity contribution < 1.29 is 4.79 Å². The summed E-state index contributed by atoms with van der Waals surface area (Å²) in [5, 5.41) is 0. The molecule has 0 N–H and O–H groups in total. The van der Waals surface area contributed by atoms with Gasteiger partial charge in [-0.05, 0) is 37.8 Å². The number of fused-ring (bicyclic) bond motifs is 1. The van der Waals surface area contributed by atoms with Crippen LogP contribution in [-0.2, 0) is 4.79 Å². The van der Waals surface area contributed by atoms with Gasteiger partial charge in [-0.2, -0.15) is 0 Å². The summed E-state index contributed by atoms with van der Waals surface area (Å²) in [5.41, 5.74) is 1.80. The molecule has 1 aromatic rings. The lowest BCUT2D eigenvalue weighted by atomic mass is 9.79. The lowest BCUT2D eigenvalue weighted by Gasteiger charge is -2.40. The van der Waals surface area contributed by atoms with Crippen molar-refractivity contribution in [2.45, 2.75) is 47.1 Å². The van der Waals surface area contributed by atoms with Crippen molar-refractivity contribution in [2.24, 2.45) is 11.3 Å². The Kier molecular flexibility index (Phi) is 3.53. The maximum absolute atomic E-state index is 13.1. The molecule has 20 heavy (non-hydrogen) atoms. The van der Waals surface area contributed by atoms with Crippen LogP contribution in [-0.4, -0.2) is 11.4 Å². The lowest BCUT2D eigenvalue weighted by molar-refractivity contribution is -0.124. The van der Waals surface area contributed by atoms with E-state index in [0.717, 1.165) is 11.3 Å². The largest absolute Gasteiger partial charge is 0.306 e. The molecule has 0 bridgehead atoms. The van der Waals surface area contributed by atoms with Crippen LogP contribution in [0.15, 0.2) is 30.3 Å². The molecule has 108 valence electrons. The highest BCUT2D eigenvalue weighted by Gasteiger charge is 2.39. The number of para-hydroxylation sites is 1. The number of amides is 1. The van der Waals surface area contributed by atoms with E-state index in [1.54, 1.807) is 0 Å². The molecular weight excluding hydrogens is 246 g/mol. The second kappa shape index (κ2) is 4.76. The molecular formula is C18H25NO. The monoisotopic (exact) mass is 271 g/mol. The van der Waals surface area contributed by atoms with Gasteiger partial charge in [0.05, 0.1) is 11.6 Å². The van der Waals surface area contributed by atoms with E-state index < -0.39 is 0 Å². The Morgan fingerprint density at radius 2 is 1.60 bits per heavy atom. The van der Waals surface area contributed by atoms with Crippen LogP contribution in [0.2, 0.25) is 0 Å². The molecule has 1 heterocycles. The fourth-order valence-electron chi connectivity index (χ4n) is 2.72. The Labute approximate surface area is 122 Å². The molecule has 0 aliphatic carbocycles. The highest BCUT2D eigenvalue weighted by molar-refractivity contribution is 6.01. The molecule has 0 saturated carbocycles. The van der Waals surface area contributed by atoms with Gasteiger partial charge in [-0.25, -0.2) is 0 Å². The number of carbonyl (C=O) groups is 1. The van der Waals surface area contributed by atoms with E-state index in [1.807, 2.05) is 23.1 Å².